The molecule has 0 aliphatic heterocycles. The maximum absolute atomic E-state index is 2.55. The van der Waals surface area contributed by atoms with Gasteiger partial charge in [-0.15, -0.1) is 0 Å². The molecule has 0 fully saturated rings. The molecule has 0 heterocycles. The van der Waals surface area contributed by atoms with E-state index in [2.05, 4.69) is 110 Å². The number of rotatable bonds is 10. The number of hydrogen-bond donors (Lipinski definition) is 0. The Morgan fingerprint density at radius 2 is 1.00 bits per heavy atom. The van der Waals surface area contributed by atoms with Crippen molar-refractivity contribution in [1.29, 1.82) is 0 Å². The molecule has 0 amide bonds. The van der Waals surface area contributed by atoms with E-state index >= 15 is 0 Å². The minimum Gasteiger partial charge on any atom is -0.0654 e. The second-order valence-corrected chi connectivity index (χ2v) is 10.6. The lowest BCUT2D eigenvalue weighted by Crippen LogP contribution is -2.29. The minimum atomic E-state index is -1.80. The Morgan fingerprint density at radius 3 is 1.43 bits per heavy atom. The minimum absolute atomic E-state index is 1.16. The number of benzene rings is 3. The normalized spacial score (nSPS) is 11.8. The highest BCUT2D eigenvalue weighted by atomic mass is 31.2. The van der Waals surface area contributed by atoms with Gasteiger partial charge in [0, 0.05) is 0 Å². The van der Waals surface area contributed by atoms with Crippen molar-refractivity contribution < 1.29 is 0 Å². The molecule has 28 heavy (non-hydrogen) atoms. The average Bonchev–Trinajstić information content (AvgIpc) is 2.78. The zero-order valence-corrected chi connectivity index (χ0v) is 17.9. The van der Waals surface area contributed by atoms with Gasteiger partial charge in [0.05, 0.1) is 5.82 Å². The molecule has 0 atom stereocenters. The highest BCUT2D eigenvalue weighted by Gasteiger charge is 2.42. The molecule has 0 spiro atoms. The van der Waals surface area contributed by atoms with Crippen LogP contribution in [0.25, 0.3) is 0 Å². The topological polar surface area (TPSA) is 0 Å². The van der Waals surface area contributed by atoms with Crippen LogP contribution in [0.4, 0.5) is 0 Å². The monoisotopic (exact) mass is 387 g/mol. The van der Waals surface area contributed by atoms with Gasteiger partial charge in [0.25, 0.3) is 0 Å². The number of unbranched alkanes of at least 4 members (excludes halogenated alkanes) is 5. The zero-order chi connectivity index (χ0) is 19.5. The molecule has 0 N–H and O–H groups in total. The number of hydrogen-bond acceptors (Lipinski definition) is 0. The van der Waals surface area contributed by atoms with Crippen LogP contribution in [-0.2, 0) is 0 Å². The summed E-state index contributed by atoms with van der Waals surface area (Å²) in [4.78, 5) is 0. The van der Waals surface area contributed by atoms with Crippen LogP contribution in [0.2, 0.25) is 0 Å². The van der Waals surface area contributed by atoms with Gasteiger partial charge in [-0.25, -0.2) is 0 Å². The van der Waals surface area contributed by atoms with Crippen molar-refractivity contribution in [2.75, 3.05) is 0 Å². The van der Waals surface area contributed by atoms with Crippen LogP contribution >= 0.6 is 7.26 Å². The first-order valence-corrected chi connectivity index (χ1v) is 12.5. The summed E-state index contributed by atoms with van der Waals surface area (Å²) in [7, 11) is -1.80. The van der Waals surface area contributed by atoms with Gasteiger partial charge in [-0.05, 0) is 55.3 Å². The van der Waals surface area contributed by atoms with Gasteiger partial charge in [-0.1, -0.05) is 87.2 Å². The van der Waals surface area contributed by atoms with E-state index in [4.69, 9.17) is 0 Å². The maximum Gasteiger partial charge on any atom is 0.136 e. The molecule has 0 bridgehead atoms. The van der Waals surface area contributed by atoms with Gasteiger partial charge in [0.2, 0.25) is 0 Å². The van der Waals surface area contributed by atoms with E-state index in [1.54, 1.807) is 0 Å². The summed E-state index contributed by atoms with van der Waals surface area (Å²) in [6.45, 7) is 2.28. The SMILES string of the molecule is CCCCCCC/C=C/[P+](c1ccccc1)(c1ccccc1)c1ccccc1. The summed E-state index contributed by atoms with van der Waals surface area (Å²) >= 11 is 0. The first-order chi connectivity index (χ1) is 13.9. The van der Waals surface area contributed by atoms with Crippen molar-refractivity contribution in [3.8, 4) is 0 Å². The Balaban J connectivity index is 1.99. The lowest BCUT2D eigenvalue weighted by molar-refractivity contribution is 0.637. The van der Waals surface area contributed by atoms with Crippen molar-refractivity contribution in [1.82, 2.24) is 0 Å². The predicted octanol–water partition coefficient (Wildman–Crippen LogP) is 6.85. The molecule has 0 nitrogen and oxygen atoms in total. The van der Waals surface area contributed by atoms with Crippen LogP contribution in [0.1, 0.15) is 45.4 Å². The Hall–Kier alpha value is -2.17. The Labute approximate surface area is 171 Å². The van der Waals surface area contributed by atoms with Crippen LogP contribution in [0.5, 0.6) is 0 Å². The maximum atomic E-state index is 2.55. The second kappa shape index (κ2) is 11.0. The summed E-state index contributed by atoms with van der Waals surface area (Å²) in [5.41, 5.74) is 0. The fourth-order valence-electron chi connectivity index (χ4n) is 3.79. The van der Waals surface area contributed by atoms with Crippen molar-refractivity contribution in [2.45, 2.75) is 45.4 Å². The van der Waals surface area contributed by atoms with E-state index in [1.165, 1.54) is 48.0 Å². The summed E-state index contributed by atoms with van der Waals surface area (Å²) in [5.74, 6) is 2.55. The molecular formula is C27H32P+. The molecule has 3 aromatic carbocycles. The molecule has 0 radical (unpaired) electrons. The van der Waals surface area contributed by atoms with Crippen LogP contribution in [0, 0.1) is 0 Å². The summed E-state index contributed by atoms with van der Waals surface area (Å²) in [5, 5.41) is 4.28. The predicted molar refractivity (Wildman–Crippen MR) is 128 cm³/mol. The summed E-state index contributed by atoms with van der Waals surface area (Å²) in [6, 6.07) is 33.2. The zero-order valence-electron chi connectivity index (χ0n) is 17.0. The van der Waals surface area contributed by atoms with Gasteiger partial charge < -0.3 is 0 Å². The molecule has 0 aromatic heterocycles. The third-order valence-electron chi connectivity index (χ3n) is 5.29. The van der Waals surface area contributed by atoms with Crippen molar-refractivity contribution in [2.24, 2.45) is 0 Å². The third kappa shape index (κ3) is 5.00. The highest BCUT2D eigenvalue weighted by Crippen LogP contribution is 2.56. The molecule has 0 aliphatic carbocycles. The largest absolute Gasteiger partial charge is 0.136 e. The van der Waals surface area contributed by atoms with Gasteiger partial charge in [0.1, 0.15) is 23.2 Å². The summed E-state index contributed by atoms with van der Waals surface area (Å²) < 4.78 is 0. The fraction of sp³-hybridized carbons (Fsp3) is 0.259. The molecule has 0 saturated carbocycles. The standard InChI is InChI=1S/C27H32P/c1-2-3-4-5-6-7-17-24-28(25-18-11-8-12-19-25,26-20-13-9-14-21-26)27-22-15-10-16-23-27/h8-24H,2-7H2,1H3/q+1/b24-17+. The smallest absolute Gasteiger partial charge is 0.0654 e. The first-order valence-electron chi connectivity index (χ1n) is 10.6. The van der Waals surface area contributed by atoms with Gasteiger partial charge in [-0.2, -0.15) is 0 Å². The van der Waals surface area contributed by atoms with Gasteiger partial charge >= 0.3 is 0 Å². The molecule has 3 aromatic rings. The van der Waals surface area contributed by atoms with Gasteiger partial charge in [-0.3, -0.25) is 0 Å². The van der Waals surface area contributed by atoms with E-state index in [1.807, 2.05) is 0 Å². The van der Waals surface area contributed by atoms with Crippen LogP contribution < -0.4 is 15.9 Å². The van der Waals surface area contributed by atoms with E-state index in [0.29, 0.717) is 0 Å². The van der Waals surface area contributed by atoms with Crippen LogP contribution in [-0.4, -0.2) is 0 Å². The van der Waals surface area contributed by atoms with E-state index < -0.39 is 7.26 Å². The van der Waals surface area contributed by atoms with Crippen LogP contribution in [0.15, 0.2) is 103 Å². The average molecular weight is 388 g/mol. The van der Waals surface area contributed by atoms with Crippen LogP contribution in [0.3, 0.4) is 0 Å². The first kappa shape index (κ1) is 20.6. The molecule has 3 rings (SSSR count). The lowest BCUT2D eigenvalue weighted by Gasteiger charge is -2.24. The molecule has 0 saturated heterocycles. The lowest BCUT2D eigenvalue weighted by atomic mass is 10.1. The van der Waals surface area contributed by atoms with E-state index in [-0.39, 0.29) is 0 Å². The fourth-order valence-corrected chi connectivity index (χ4v) is 7.60. The third-order valence-corrected chi connectivity index (χ3v) is 9.29. The van der Waals surface area contributed by atoms with Crippen molar-refractivity contribution in [3.05, 3.63) is 103 Å². The molecule has 1 heteroatoms. The van der Waals surface area contributed by atoms with E-state index in [9.17, 15) is 0 Å². The number of allylic oxidation sites excluding steroid dienone is 1. The van der Waals surface area contributed by atoms with Crippen molar-refractivity contribution >= 4 is 23.2 Å². The molecule has 0 aliphatic rings. The van der Waals surface area contributed by atoms with Gasteiger partial charge in [0.15, 0.2) is 0 Å². The Bertz CT molecular complexity index is 725. The van der Waals surface area contributed by atoms with Crippen molar-refractivity contribution in [3.63, 3.8) is 0 Å². The Kier molecular flexibility index (Phi) is 8.07. The molecular weight excluding hydrogens is 355 g/mol. The van der Waals surface area contributed by atoms with E-state index in [0.717, 1.165) is 6.42 Å². The second-order valence-electron chi connectivity index (χ2n) is 7.32. The highest BCUT2D eigenvalue weighted by molar-refractivity contribution is 7.98. The molecule has 144 valence electrons. The summed E-state index contributed by atoms with van der Waals surface area (Å²) in [6.07, 6.45) is 10.3. The Morgan fingerprint density at radius 1 is 0.571 bits per heavy atom. The molecule has 0 unspecified atom stereocenters. The quantitative estimate of drug-likeness (QED) is 0.263.